The van der Waals surface area contributed by atoms with Gasteiger partial charge in [-0.25, -0.2) is 4.79 Å². The molecule has 6 nitrogen and oxygen atoms in total. The van der Waals surface area contributed by atoms with E-state index in [9.17, 15) is 23.2 Å². The van der Waals surface area contributed by atoms with Gasteiger partial charge >= 0.3 is 12.2 Å². The first kappa shape index (κ1) is 19.5. The molecule has 152 valence electrons. The fourth-order valence-electron chi connectivity index (χ4n) is 3.54. The quantitative estimate of drug-likeness (QED) is 0.631. The van der Waals surface area contributed by atoms with Crippen LogP contribution < -0.4 is 14.5 Å². The lowest BCUT2D eigenvalue weighted by molar-refractivity contribution is -0.137. The molecule has 2 amide bonds. The van der Waals surface area contributed by atoms with E-state index in [1.54, 1.807) is 6.20 Å². The van der Waals surface area contributed by atoms with Gasteiger partial charge in [0.15, 0.2) is 0 Å². The Morgan fingerprint density at radius 2 is 1.93 bits per heavy atom. The van der Waals surface area contributed by atoms with E-state index in [0.29, 0.717) is 5.69 Å². The van der Waals surface area contributed by atoms with Crippen molar-refractivity contribution in [3.63, 3.8) is 0 Å². The molecule has 1 saturated heterocycles. The number of nitriles is 1. The Balaban J connectivity index is 1.78. The summed E-state index contributed by atoms with van der Waals surface area (Å²) in [6.07, 6.45) is -1.40. The number of ether oxygens (including phenoxy) is 1. The summed E-state index contributed by atoms with van der Waals surface area (Å²) in [5.74, 6) is -0.104. The van der Waals surface area contributed by atoms with Crippen LogP contribution in [-0.2, 0) is 6.18 Å². The second-order valence-corrected chi connectivity index (χ2v) is 6.67. The molecule has 1 atom stereocenters. The van der Waals surface area contributed by atoms with E-state index in [1.807, 2.05) is 24.3 Å². The van der Waals surface area contributed by atoms with E-state index in [0.717, 1.165) is 22.9 Å². The van der Waals surface area contributed by atoms with Crippen molar-refractivity contribution < 1.29 is 22.7 Å². The first-order chi connectivity index (χ1) is 14.3. The molecule has 1 aliphatic rings. The lowest BCUT2D eigenvalue weighted by atomic mass is 10.1. The van der Waals surface area contributed by atoms with Crippen molar-refractivity contribution in [3.05, 3.63) is 60.4 Å². The number of hydrogen-bond acceptors (Lipinski definition) is 4. The number of benzene rings is 2. The zero-order valence-corrected chi connectivity index (χ0v) is 15.7. The van der Waals surface area contributed by atoms with Crippen LogP contribution in [0.5, 0.6) is 5.75 Å². The van der Waals surface area contributed by atoms with Crippen LogP contribution in [0.2, 0.25) is 0 Å². The number of pyridine rings is 1. The van der Waals surface area contributed by atoms with Crippen LogP contribution in [-0.4, -0.2) is 30.7 Å². The minimum Gasteiger partial charge on any atom is -0.495 e. The number of hydrogen-bond donors (Lipinski definition) is 0. The first-order valence-electron chi connectivity index (χ1n) is 8.93. The predicted molar refractivity (Wildman–Crippen MR) is 104 cm³/mol. The average Bonchev–Trinajstić information content (AvgIpc) is 3.08. The highest BCUT2D eigenvalue weighted by Gasteiger charge is 2.41. The number of nitrogens with zero attached hydrogens (tertiary/aromatic N) is 4. The molecule has 9 heteroatoms. The van der Waals surface area contributed by atoms with Crippen LogP contribution in [0.15, 0.2) is 54.9 Å². The molecule has 4 rings (SSSR count). The Labute approximate surface area is 169 Å². The topological polar surface area (TPSA) is 69.5 Å². The normalized spacial score (nSPS) is 16.8. The van der Waals surface area contributed by atoms with Gasteiger partial charge in [0, 0.05) is 17.0 Å². The highest BCUT2D eigenvalue weighted by molar-refractivity contribution is 6.12. The molecule has 3 aromatic rings. The molecule has 0 aliphatic carbocycles. The Hall–Kier alpha value is -3.80. The SMILES string of the molecule is COc1cc(C(F)(F)F)ccc1N1CC(C#N)N(c2cncc3ccccc23)C1=O. The molecule has 1 aliphatic heterocycles. The van der Waals surface area contributed by atoms with E-state index in [4.69, 9.17) is 4.74 Å². The van der Waals surface area contributed by atoms with E-state index in [-0.39, 0.29) is 18.0 Å². The van der Waals surface area contributed by atoms with E-state index in [1.165, 1.54) is 29.2 Å². The molecule has 1 unspecified atom stereocenters. The lowest BCUT2D eigenvalue weighted by Gasteiger charge is -2.22. The van der Waals surface area contributed by atoms with Crippen molar-refractivity contribution in [2.75, 3.05) is 23.5 Å². The molecule has 1 fully saturated rings. The summed E-state index contributed by atoms with van der Waals surface area (Å²) in [6, 6.07) is 10.9. The third-order valence-electron chi connectivity index (χ3n) is 4.96. The maximum atomic E-state index is 13.3. The molecule has 1 aromatic heterocycles. The molecule has 2 aromatic carbocycles. The summed E-state index contributed by atoms with van der Waals surface area (Å²) in [5, 5.41) is 11.2. The summed E-state index contributed by atoms with van der Waals surface area (Å²) in [4.78, 5) is 20.0. The van der Waals surface area contributed by atoms with E-state index in [2.05, 4.69) is 11.1 Å². The molecule has 0 saturated carbocycles. The van der Waals surface area contributed by atoms with Crippen molar-refractivity contribution in [3.8, 4) is 11.8 Å². The smallest absolute Gasteiger partial charge is 0.416 e. The average molecular weight is 412 g/mol. The lowest BCUT2D eigenvalue weighted by Crippen LogP contribution is -2.34. The monoisotopic (exact) mass is 412 g/mol. The van der Waals surface area contributed by atoms with Gasteiger partial charge in [0.2, 0.25) is 0 Å². The number of carbonyl (C=O) groups is 1. The van der Waals surface area contributed by atoms with Gasteiger partial charge in [0.05, 0.1) is 42.9 Å². The number of halogens is 3. The predicted octanol–water partition coefficient (Wildman–Crippen LogP) is 4.60. The van der Waals surface area contributed by atoms with Crippen LogP contribution in [0, 0.1) is 11.3 Å². The van der Waals surface area contributed by atoms with Gasteiger partial charge in [-0.05, 0) is 18.2 Å². The number of rotatable bonds is 3. The summed E-state index contributed by atoms with van der Waals surface area (Å²) < 4.78 is 44.2. The van der Waals surface area contributed by atoms with Gasteiger partial charge in [0.1, 0.15) is 11.8 Å². The summed E-state index contributed by atoms with van der Waals surface area (Å²) in [6.45, 7) is -0.0275. The molecular formula is C21H15F3N4O2. The molecule has 30 heavy (non-hydrogen) atoms. The zero-order valence-electron chi connectivity index (χ0n) is 15.7. The third kappa shape index (κ3) is 3.16. The van der Waals surface area contributed by atoms with Gasteiger partial charge in [-0.1, -0.05) is 24.3 Å². The number of alkyl halides is 3. The Morgan fingerprint density at radius 1 is 1.17 bits per heavy atom. The van der Waals surface area contributed by atoms with Gasteiger partial charge in [-0.2, -0.15) is 18.4 Å². The number of aromatic nitrogens is 1. The summed E-state index contributed by atoms with van der Waals surface area (Å²) >= 11 is 0. The van der Waals surface area contributed by atoms with Gasteiger partial charge in [0.25, 0.3) is 0 Å². The Morgan fingerprint density at radius 3 is 2.63 bits per heavy atom. The van der Waals surface area contributed by atoms with Crippen LogP contribution in [0.1, 0.15) is 5.56 Å². The van der Waals surface area contributed by atoms with Crippen LogP contribution in [0.3, 0.4) is 0 Å². The van der Waals surface area contributed by atoms with Gasteiger partial charge in [-0.3, -0.25) is 14.8 Å². The van der Waals surface area contributed by atoms with Gasteiger partial charge in [-0.15, -0.1) is 0 Å². The number of urea groups is 1. The van der Waals surface area contributed by atoms with Crippen molar-refractivity contribution in [2.45, 2.75) is 12.2 Å². The highest BCUT2D eigenvalue weighted by atomic mass is 19.4. The third-order valence-corrected chi connectivity index (χ3v) is 4.96. The maximum absolute atomic E-state index is 13.3. The molecule has 0 bridgehead atoms. The zero-order chi connectivity index (χ0) is 21.5. The Bertz CT molecular complexity index is 1170. The van der Waals surface area contributed by atoms with Crippen molar-refractivity contribution in [2.24, 2.45) is 0 Å². The van der Waals surface area contributed by atoms with Crippen molar-refractivity contribution in [1.29, 1.82) is 5.26 Å². The fraction of sp³-hybridized carbons (Fsp3) is 0.190. The standard InChI is InChI=1S/C21H15F3N4O2/c1-30-19-8-14(21(22,23)24)6-7-17(19)27-12-15(9-25)28(20(27)29)18-11-26-10-13-4-2-3-5-16(13)18/h2-8,10-11,15H,12H2,1H3. The molecule has 0 radical (unpaired) electrons. The van der Waals surface area contributed by atoms with Gasteiger partial charge < -0.3 is 4.74 Å². The number of methoxy groups -OCH3 is 1. The second-order valence-electron chi connectivity index (χ2n) is 6.67. The van der Waals surface area contributed by atoms with Crippen LogP contribution in [0.25, 0.3) is 10.8 Å². The van der Waals surface area contributed by atoms with Crippen LogP contribution in [0.4, 0.5) is 29.3 Å². The van der Waals surface area contributed by atoms with Crippen molar-refractivity contribution >= 4 is 28.2 Å². The van der Waals surface area contributed by atoms with Crippen LogP contribution >= 0.6 is 0 Å². The highest BCUT2D eigenvalue weighted by Crippen LogP contribution is 2.40. The fourth-order valence-corrected chi connectivity index (χ4v) is 3.54. The molecule has 0 spiro atoms. The number of carbonyl (C=O) groups excluding carboxylic acids is 1. The molecule has 2 heterocycles. The summed E-state index contributed by atoms with van der Waals surface area (Å²) in [5.41, 5.74) is -0.272. The van der Waals surface area contributed by atoms with Crippen molar-refractivity contribution in [1.82, 2.24) is 4.98 Å². The Kier molecular flexibility index (Phi) is 4.70. The number of amides is 2. The number of fused-ring (bicyclic) bond motifs is 1. The largest absolute Gasteiger partial charge is 0.495 e. The second kappa shape index (κ2) is 7.22. The van der Waals surface area contributed by atoms with E-state index >= 15 is 0 Å². The molecular weight excluding hydrogens is 397 g/mol. The van der Waals surface area contributed by atoms with E-state index < -0.39 is 23.8 Å². The minimum absolute atomic E-state index is 0.0275. The number of anilines is 2. The maximum Gasteiger partial charge on any atom is 0.416 e. The minimum atomic E-state index is -4.54. The summed E-state index contributed by atoms with van der Waals surface area (Å²) in [7, 11) is 1.23. The first-order valence-corrected chi connectivity index (χ1v) is 8.93. The molecule has 0 N–H and O–H groups in total.